The van der Waals surface area contributed by atoms with Crippen molar-refractivity contribution in [3.8, 4) is 0 Å². The second-order valence-corrected chi connectivity index (χ2v) is 4.49. The summed E-state index contributed by atoms with van der Waals surface area (Å²) in [4.78, 5) is 6.75. The van der Waals surface area contributed by atoms with E-state index < -0.39 is 6.10 Å². The summed E-state index contributed by atoms with van der Waals surface area (Å²) in [5.41, 5.74) is 0.949. The first-order valence-electron chi connectivity index (χ1n) is 6.17. The summed E-state index contributed by atoms with van der Waals surface area (Å²) in [6.07, 6.45) is 6.46. The van der Waals surface area contributed by atoms with E-state index in [2.05, 4.69) is 9.88 Å². The fourth-order valence-corrected chi connectivity index (χ4v) is 2.28. The highest BCUT2D eigenvalue weighted by Gasteiger charge is 2.16. The number of aromatic nitrogens is 1. The zero-order valence-electron chi connectivity index (χ0n) is 9.89. The molecule has 0 spiro atoms. The third-order valence-electron chi connectivity index (χ3n) is 3.17. The number of pyridine rings is 1. The van der Waals surface area contributed by atoms with Crippen molar-refractivity contribution in [2.75, 3.05) is 18.0 Å². The number of aliphatic hydroxyl groups excluding tert-OH is 1. The van der Waals surface area contributed by atoms with Crippen LogP contribution in [0.5, 0.6) is 0 Å². The molecule has 3 heteroatoms. The van der Waals surface area contributed by atoms with Gasteiger partial charge in [0.15, 0.2) is 0 Å². The van der Waals surface area contributed by atoms with Crippen molar-refractivity contribution in [2.24, 2.45) is 0 Å². The van der Waals surface area contributed by atoms with Crippen molar-refractivity contribution >= 4 is 5.82 Å². The molecule has 1 atom stereocenters. The minimum atomic E-state index is -0.438. The normalized spacial score (nSPS) is 19.2. The fraction of sp³-hybridized carbons (Fsp3) is 0.615. The molecule has 1 aromatic rings. The van der Waals surface area contributed by atoms with Gasteiger partial charge in [-0.2, -0.15) is 0 Å². The van der Waals surface area contributed by atoms with Crippen molar-refractivity contribution in [1.82, 2.24) is 4.98 Å². The third kappa shape index (κ3) is 2.53. The molecule has 0 amide bonds. The molecule has 1 saturated heterocycles. The first-order chi connectivity index (χ1) is 7.79. The van der Waals surface area contributed by atoms with Crippen molar-refractivity contribution in [2.45, 2.75) is 38.7 Å². The van der Waals surface area contributed by atoms with Gasteiger partial charge >= 0.3 is 0 Å². The van der Waals surface area contributed by atoms with E-state index in [0.717, 1.165) is 24.5 Å². The molecule has 1 aliphatic heterocycles. The maximum Gasteiger partial charge on any atom is 0.134 e. The standard InChI is InChI=1S/C13H20N2O/c1-11(16)12-7-6-8-14-13(12)15-9-4-2-3-5-10-15/h6-8,11,16H,2-5,9-10H2,1H3/t11-/m1/s1. The molecule has 0 aliphatic carbocycles. The Bertz CT molecular complexity index is 330. The highest BCUT2D eigenvalue weighted by Crippen LogP contribution is 2.25. The fourth-order valence-electron chi connectivity index (χ4n) is 2.28. The van der Waals surface area contributed by atoms with Crippen LogP contribution in [0.3, 0.4) is 0 Å². The van der Waals surface area contributed by atoms with Crippen LogP contribution in [0.15, 0.2) is 18.3 Å². The summed E-state index contributed by atoms with van der Waals surface area (Å²) < 4.78 is 0. The summed E-state index contributed by atoms with van der Waals surface area (Å²) in [6.45, 7) is 3.94. The van der Waals surface area contributed by atoms with Gasteiger partial charge in [0, 0.05) is 24.8 Å². The van der Waals surface area contributed by atoms with Crippen molar-refractivity contribution < 1.29 is 5.11 Å². The van der Waals surface area contributed by atoms with Gasteiger partial charge < -0.3 is 10.0 Å². The second kappa shape index (κ2) is 5.30. The average molecular weight is 220 g/mol. The Labute approximate surface area is 97.1 Å². The third-order valence-corrected chi connectivity index (χ3v) is 3.17. The molecule has 0 radical (unpaired) electrons. The Morgan fingerprint density at radius 2 is 1.94 bits per heavy atom. The van der Waals surface area contributed by atoms with Gasteiger partial charge in [0.1, 0.15) is 5.82 Å². The van der Waals surface area contributed by atoms with Gasteiger partial charge in [0.25, 0.3) is 0 Å². The maximum atomic E-state index is 9.74. The van der Waals surface area contributed by atoms with Crippen LogP contribution in [0.2, 0.25) is 0 Å². The van der Waals surface area contributed by atoms with Crippen molar-refractivity contribution in [1.29, 1.82) is 0 Å². The van der Waals surface area contributed by atoms with E-state index in [1.807, 2.05) is 18.3 Å². The summed E-state index contributed by atoms with van der Waals surface area (Å²) in [6, 6.07) is 3.86. The summed E-state index contributed by atoms with van der Waals surface area (Å²) >= 11 is 0. The van der Waals surface area contributed by atoms with Crippen LogP contribution in [0.25, 0.3) is 0 Å². The zero-order chi connectivity index (χ0) is 11.4. The van der Waals surface area contributed by atoms with Crippen LogP contribution >= 0.6 is 0 Å². The van der Waals surface area contributed by atoms with E-state index in [-0.39, 0.29) is 0 Å². The van der Waals surface area contributed by atoms with Gasteiger partial charge in [0.05, 0.1) is 6.10 Å². The smallest absolute Gasteiger partial charge is 0.134 e. The van der Waals surface area contributed by atoms with Crippen LogP contribution in [-0.4, -0.2) is 23.2 Å². The topological polar surface area (TPSA) is 36.4 Å². The maximum absolute atomic E-state index is 9.74. The molecule has 0 bridgehead atoms. The first kappa shape index (κ1) is 11.4. The Morgan fingerprint density at radius 3 is 2.56 bits per heavy atom. The lowest BCUT2D eigenvalue weighted by molar-refractivity contribution is 0.199. The monoisotopic (exact) mass is 220 g/mol. The highest BCUT2D eigenvalue weighted by atomic mass is 16.3. The molecule has 0 unspecified atom stereocenters. The number of hydrogen-bond donors (Lipinski definition) is 1. The summed E-state index contributed by atoms with van der Waals surface area (Å²) in [5, 5.41) is 9.74. The first-order valence-corrected chi connectivity index (χ1v) is 6.17. The number of hydrogen-bond acceptors (Lipinski definition) is 3. The lowest BCUT2D eigenvalue weighted by atomic mass is 10.1. The van der Waals surface area contributed by atoms with Gasteiger partial charge in [-0.25, -0.2) is 4.98 Å². The Hall–Kier alpha value is -1.09. The van der Waals surface area contributed by atoms with E-state index >= 15 is 0 Å². The molecule has 2 heterocycles. The lowest BCUT2D eigenvalue weighted by Crippen LogP contribution is -2.26. The van der Waals surface area contributed by atoms with Gasteiger partial charge in [-0.15, -0.1) is 0 Å². The van der Waals surface area contributed by atoms with Crippen LogP contribution in [0.1, 0.15) is 44.3 Å². The molecule has 3 nitrogen and oxygen atoms in total. The minimum Gasteiger partial charge on any atom is -0.389 e. The molecule has 2 rings (SSSR count). The molecule has 1 aromatic heterocycles. The molecular weight excluding hydrogens is 200 g/mol. The number of rotatable bonds is 2. The minimum absolute atomic E-state index is 0.438. The van der Waals surface area contributed by atoms with E-state index in [0.29, 0.717) is 0 Å². The second-order valence-electron chi connectivity index (χ2n) is 4.49. The Kier molecular flexibility index (Phi) is 3.78. The molecule has 1 fully saturated rings. The van der Waals surface area contributed by atoms with E-state index in [4.69, 9.17) is 0 Å². The molecule has 0 saturated carbocycles. The van der Waals surface area contributed by atoms with Gasteiger partial charge in [-0.3, -0.25) is 0 Å². The summed E-state index contributed by atoms with van der Waals surface area (Å²) in [7, 11) is 0. The number of anilines is 1. The number of aliphatic hydroxyl groups is 1. The van der Waals surface area contributed by atoms with Crippen LogP contribution < -0.4 is 4.90 Å². The van der Waals surface area contributed by atoms with Crippen LogP contribution in [-0.2, 0) is 0 Å². The largest absolute Gasteiger partial charge is 0.389 e. The average Bonchev–Trinajstić information content (AvgIpc) is 2.57. The summed E-state index contributed by atoms with van der Waals surface area (Å²) in [5.74, 6) is 0.972. The molecule has 1 aliphatic rings. The quantitative estimate of drug-likeness (QED) is 0.832. The zero-order valence-corrected chi connectivity index (χ0v) is 9.89. The van der Waals surface area contributed by atoms with Gasteiger partial charge in [0.2, 0.25) is 0 Å². The van der Waals surface area contributed by atoms with Crippen molar-refractivity contribution in [3.05, 3.63) is 23.9 Å². The molecule has 16 heavy (non-hydrogen) atoms. The molecule has 0 aromatic carbocycles. The number of nitrogens with zero attached hydrogens (tertiary/aromatic N) is 2. The van der Waals surface area contributed by atoms with E-state index in [1.165, 1.54) is 25.7 Å². The lowest BCUT2D eigenvalue weighted by Gasteiger charge is -2.24. The predicted molar refractivity (Wildman–Crippen MR) is 65.6 cm³/mol. The van der Waals surface area contributed by atoms with Crippen LogP contribution in [0, 0.1) is 0 Å². The Morgan fingerprint density at radius 1 is 1.25 bits per heavy atom. The van der Waals surface area contributed by atoms with Crippen molar-refractivity contribution in [3.63, 3.8) is 0 Å². The van der Waals surface area contributed by atoms with Gasteiger partial charge in [-0.05, 0) is 25.8 Å². The SMILES string of the molecule is C[C@@H](O)c1cccnc1N1CCCCCC1. The highest BCUT2D eigenvalue weighted by molar-refractivity contribution is 5.47. The van der Waals surface area contributed by atoms with E-state index in [9.17, 15) is 5.11 Å². The van der Waals surface area contributed by atoms with Gasteiger partial charge in [-0.1, -0.05) is 18.9 Å². The molecular formula is C13H20N2O. The predicted octanol–water partition coefficient (Wildman–Crippen LogP) is 2.52. The Balaban J connectivity index is 2.23. The van der Waals surface area contributed by atoms with E-state index in [1.54, 1.807) is 6.92 Å². The molecule has 1 N–H and O–H groups in total. The molecule has 88 valence electrons. The van der Waals surface area contributed by atoms with Crippen LogP contribution in [0.4, 0.5) is 5.82 Å².